The number of carbonyl (C=O) groups excluding carboxylic acids is 1. The van der Waals surface area contributed by atoms with E-state index in [1.807, 2.05) is 6.92 Å². The number of carbonyl (C=O) groups is 1. The summed E-state index contributed by atoms with van der Waals surface area (Å²) in [4.78, 5) is 22.2. The minimum Gasteiger partial charge on any atom is -0.493 e. The molecule has 6 nitrogen and oxygen atoms in total. The third kappa shape index (κ3) is 3.82. The summed E-state index contributed by atoms with van der Waals surface area (Å²) in [5.74, 6) is 0.128. The molecule has 0 aliphatic heterocycles. The summed E-state index contributed by atoms with van der Waals surface area (Å²) in [6, 6.07) is 10.2. The number of nitrogens with zero attached hydrogens (tertiary/aromatic N) is 1. The Morgan fingerprint density at radius 3 is 2.68 bits per heavy atom. The second kappa shape index (κ2) is 7.04. The molecular formula is C15H12BrNO5. The summed E-state index contributed by atoms with van der Waals surface area (Å²) < 4.78 is 11.1. The smallest absolute Gasteiger partial charge is 0.343 e. The molecule has 0 aliphatic carbocycles. The lowest BCUT2D eigenvalue weighted by Gasteiger charge is -2.08. The van der Waals surface area contributed by atoms with Crippen LogP contribution in [0.3, 0.4) is 0 Å². The van der Waals surface area contributed by atoms with Gasteiger partial charge in [-0.25, -0.2) is 4.79 Å². The van der Waals surface area contributed by atoms with E-state index < -0.39 is 10.9 Å². The van der Waals surface area contributed by atoms with E-state index in [1.54, 1.807) is 18.2 Å². The Hall–Kier alpha value is -2.41. The first-order valence-electron chi connectivity index (χ1n) is 6.40. The molecule has 0 N–H and O–H groups in total. The first-order valence-corrected chi connectivity index (χ1v) is 7.19. The second-order valence-electron chi connectivity index (χ2n) is 4.22. The van der Waals surface area contributed by atoms with Gasteiger partial charge in [-0.15, -0.1) is 0 Å². The van der Waals surface area contributed by atoms with Crippen LogP contribution in [0.2, 0.25) is 0 Å². The Kier molecular flexibility index (Phi) is 5.11. The van der Waals surface area contributed by atoms with Gasteiger partial charge in [-0.05, 0) is 47.1 Å². The molecule has 0 bridgehead atoms. The first-order chi connectivity index (χ1) is 10.5. The quantitative estimate of drug-likeness (QED) is 0.346. The number of hydrogen-bond acceptors (Lipinski definition) is 5. The van der Waals surface area contributed by atoms with Gasteiger partial charge in [-0.1, -0.05) is 6.07 Å². The molecule has 0 radical (unpaired) electrons. The van der Waals surface area contributed by atoms with Crippen molar-refractivity contribution in [3.05, 3.63) is 62.6 Å². The van der Waals surface area contributed by atoms with Crippen molar-refractivity contribution in [3.8, 4) is 11.5 Å². The zero-order chi connectivity index (χ0) is 16.1. The summed E-state index contributed by atoms with van der Waals surface area (Å²) in [5.41, 5.74) is 0.167. The highest BCUT2D eigenvalue weighted by molar-refractivity contribution is 9.10. The molecule has 0 heterocycles. The summed E-state index contributed by atoms with van der Waals surface area (Å²) in [6.07, 6.45) is 0. The fraction of sp³-hybridized carbons (Fsp3) is 0.133. The fourth-order valence-corrected chi connectivity index (χ4v) is 2.22. The van der Waals surface area contributed by atoms with E-state index in [9.17, 15) is 14.9 Å². The van der Waals surface area contributed by atoms with Gasteiger partial charge in [0, 0.05) is 6.07 Å². The predicted octanol–water partition coefficient (Wildman–Crippen LogP) is 3.98. The van der Waals surface area contributed by atoms with Crippen LogP contribution >= 0.6 is 15.9 Å². The SMILES string of the molecule is CCOc1ccc(C(=O)Oc2cccc([N+](=O)[O-])c2)cc1Br. The molecule has 0 spiro atoms. The van der Waals surface area contributed by atoms with Gasteiger partial charge in [0.1, 0.15) is 11.5 Å². The zero-order valence-corrected chi connectivity index (χ0v) is 13.2. The van der Waals surface area contributed by atoms with Gasteiger partial charge in [0.25, 0.3) is 5.69 Å². The van der Waals surface area contributed by atoms with Gasteiger partial charge >= 0.3 is 5.97 Å². The van der Waals surface area contributed by atoms with Crippen LogP contribution in [0, 0.1) is 10.1 Å². The highest BCUT2D eigenvalue weighted by Gasteiger charge is 2.13. The molecule has 7 heteroatoms. The molecule has 0 atom stereocenters. The van der Waals surface area contributed by atoms with E-state index in [0.717, 1.165) is 0 Å². The molecule has 2 aromatic carbocycles. The minimum absolute atomic E-state index is 0.115. The molecule has 0 aromatic heterocycles. The Bertz CT molecular complexity index is 717. The van der Waals surface area contributed by atoms with Gasteiger partial charge in [0.15, 0.2) is 0 Å². The molecule has 0 fully saturated rings. The molecule has 0 amide bonds. The number of halogens is 1. The Labute approximate surface area is 134 Å². The number of ether oxygens (including phenoxy) is 2. The lowest BCUT2D eigenvalue weighted by molar-refractivity contribution is -0.384. The number of benzene rings is 2. The standard InChI is InChI=1S/C15H12BrNO5/c1-2-21-14-7-6-10(8-13(14)16)15(18)22-12-5-3-4-11(9-12)17(19)20/h3-9H,2H2,1H3. The average molecular weight is 366 g/mol. The van der Waals surface area contributed by atoms with Crippen LogP contribution in [0.5, 0.6) is 11.5 Å². The van der Waals surface area contributed by atoms with Crippen molar-refractivity contribution in [3.63, 3.8) is 0 Å². The number of nitro groups is 1. The molecule has 0 aliphatic rings. The maximum Gasteiger partial charge on any atom is 0.343 e. The molecule has 114 valence electrons. The number of hydrogen-bond donors (Lipinski definition) is 0. The van der Waals surface area contributed by atoms with Crippen LogP contribution in [-0.4, -0.2) is 17.5 Å². The number of non-ortho nitro benzene ring substituents is 1. The van der Waals surface area contributed by atoms with Crippen LogP contribution in [0.25, 0.3) is 0 Å². The van der Waals surface area contributed by atoms with Gasteiger partial charge < -0.3 is 9.47 Å². The van der Waals surface area contributed by atoms with Gasteiger partial charge in [0.2, 0.25) is 0 Å². The van der Waals surface area contributed by atoms with Crippen LogP contribution < -0.4 is 9.47 Å². The van der Waals surface area contributed by atoms with Gasteiger partial charge in [-0.3, -0.25) is 10.1 Å². The second-order valence-corrected chi connectivity index (χ2v) is 5.08. The highest BCUT2D eigenvalue weighted by Crippen LogP contribution is 2.27. The molecule has 2 rings (SSSR count). The van der Waals surface area contributed by atoms with E-state index in [2.05, 4.69) is 15.9 Å². The lowest BCUT2D eigenvalue weighted by Crippen LogP contribution is -2.09. The van der Waals surface area contributed by atoms with Crippen molar-refractivity contribution in [2.45, 2.75) is 6.92 Å². The lowest BCUT2D eigenvalue weighted by atomic mass is 10.2. The van der Waals surface area contributed by atoms with E-state index >= 15 is 0 Å². The molecule has 0 saturated carbocycles. The summed E-state index contributed by atoms with van der Waals surface area (Å²) in [5, 5.41) is 10.7. The Morgan fingerprint density at radius 2 is 2.05 bits per heavy atom. The normalized spacial score (nSPS) is 10.1. The molecule has 0 saturated heterocycles. The number of nitro benzene ring substituents is 1. The number of esters is 1. The van der Waals surface area contributed by atoms with Crippen LogP contribution in [0.1, 0.15) is 17.3 Å². The van der Waals surface area contributed by atoms with Crippen molar-refractivity contribution in [1.82, 2.24) is 0 Å². The topological polar surface area (TPSA) is 78.7 Å². The van der Waals surface area contributed by atoms with Crippen LogP contribution in [0.15, 0.2) is 46.9 Å². The zero-order valence-electron chi connectivity index (χ0n) is 11.6. The van der Waals surface area contributed by atoms with Crippen LogP contribution in [-0.2, 0) is 0 Å². The third-order valence-electron chi connectivity index (χ3n) is 2.71. The van der Waals surface area contributed by atoms with Crippen molar-refractivity contribution in [2.75, 3.05) is 6.61 Å². The summed E-state index contributed by atoms with van der Waals surface area (Å²) >= 11 is 3.31. The monoisotopic (exact) mass is 365 g/mol. The Balaban J connectivity index is 2.17. The van der Waals surface area contributed by atoms with Crippen molar-refractivity contribution in [1.29, 1.82) is 0 Å². The summed E-state index contributed by atoms with van der Waals surface area (Å²) in [6.45, 7) is 2.37. The first kappa shape index (κ1) is 16.0. The van der Waals surface area contributed by atoms with Crippen molar-refractivity contribution < 1.29 is 19.2 Å². The minimum atomic E-state index is -0.607. The molecule has 0 unspecified atom stereocenters. The average Bonchev–Trinajstić information content (AvgIpc) is 2.49. The van der Waals surface area contributed by atoms with Gasteiger partial charge in [0.05, 0.1) is 27.6 Å². The van der Waals surface area contributed by atoms with E-state index in [1.165, 1.54) is 24.3 Å². The molecule has 22 heavy (non-hydrogen) atoms. The third-order valence-corrected chi connectivity index (χ3v) is 3.33. The fourth-order valence-electron chi connectivity index (χ4n) is 1.73. The van der Waals surface area contributed by atoms with E-state index in [4.69, 9.17) is 9.47 Å². The highest BCUT2D eigenvalue weighted by atomic mass is 79.9. The Morgan fingerprint density at radius 1 is 1.27 bits per heavy atom. The van der Waals surface area contributed by atoms with E-state index in [0.29, 0.717) is 22.4 Å². The van der Waals surface area contributed by atoms with Crippen molar-refractivity contribution >= 4 is 27.6 Å². The van der Waals surface area contributed by atoms with Crippen LogP contribution in [0.4, 0.5) is 5.69 Å². The molecule has 2 aromatic rings. The van der Waals surface area contributed by atoms with Crippen molar-refractivity contribution in [2.24, 2.45) is 0 Å². The van der Waals surface area contributed by atoms with E-state index in [-0.39, 0.29) is 11.4 Å². The summed E-state index contributed by atoms with van der Waals surface area (Å²) in [7, 11) is 0. The van der Waals surface area contributed by atoms with Gasteiger partial charge in [-0.2, -0.15) is 0 Å². The molecular weight excluding hydrogens is 354 g/mol. The largest absolute Gasteiger partial charge is 0.493 e. The number of rotatable bonds is 5. The predicted molar refractivity (Wildman–Crippen MR) is 83.4 cm³/mol. The maximum atomic E-state index is 12.1. The maximum absolute atomic E-state index is 12.1.